The van der Waals surface area contributed by atoms with Crippen LogP contribution in [0.4, 0.5) is 5.69 Å². The van der Waals surface area contributed by atoms with Gasteiger partial charge in [-0.1, -0.05) is 12.1 Å². The summed E-state index contributed by atoms with van der Waals surface area (Å²) >= 11 is 1.28. The standard InChI is InChI=1S/C13H14N2O4S2/c1-19-11-6-7-20-12(11)13(16)15-10-4-2-9(3-5-10)8-21(14,17)18/h2-7H,8H2,1H3,(H,15,16)(H2,14,17,18). The maximum Gasteiger partial charge on any atom is 0.269 e. The molecule has 0 aliphatic carbocycles. The van der Waals surface area contributed by atoms with Crippen LogP contribution in [-0.4, -0.2) is 21.4 Å². The van der Waals surface area contributed by atoms with Crippen LogP contribution in [0.15, 0.2) is 35.7 Å². The largest absolute Gasteiger partial charge is 0.495 e. The molecule has 0 unspecified atom stereocenters. The maximum atomic E-state index is 12.1. The summed E-state index contributed by atoms with van der Waals surface area (Å²) in [4.78, 5) is 12.5. The molecule has 0 atom stereocenters. The molecular formula is C13H14N2O4S2. The van der Waals surface area contributed by atoms with Crippen LogP contribution in [0, 0.1) is 0 Å². The molecule has 0 saturated heterocycles. The molecule has 0 radical (unpaired) electrons. The first-order chi connectivity index (χ1) is 9.89. The minimum Gasteiger partial charge on any atom is -0.495 e. The number of ether oxygens (including phenoxy) is 1. The summed E-state index contributed by atoms with van der Waals surface area (Å²) in [6.07, 6.45) is 0. The van der Waals surface area contributed by atoms with E-state index in [1.54, 1.807) is 35.7 Å². The van der Waals surface area contributed by atoms with Gasteiger partial charge in [-0.25, -0.2) is 13.6 Å². The molecule has 0 spiro atoms. The predicted octanol–water partition coefficient (Wildman–Crippen LogP) is 1.80. The van der Waals surface area contributed by atoms with Gasteiger partial charge in [0.2, 0.25) is 10.0 Å². The Hall–Kier alpha value is -1.90. The second-order valence-corrected chi connectivity index (χ2v) is 6.81. The van der Waals surface area contributed by atoms with E-state index in [0.29, 0.717) is 21.9 Å². The van der Waals surface area contributed by atoms with Gasteiger partial charge in [0.25, 0.3) is 5.91 Å². The third kappa shape index (κ3) is 4.28. The van der Waals surface area contributed by atoms with Crippen LogP contribution in [0.1, 0.15) is 15.2 Å². The number of methoxy groups -OCH3 is 1. The molecule has 1 aromatic heterocycles. The van der Waals surface area contributed by atoms with Crippen LogP contribution in [-0.2, 0) is 15.8 Å². The number of sulfonamides is 1. The van der Waals surface area contributed by atoms with Gasteiger partial charge in [-0.05, 0) is 29.1 Å². The second-order valence-electron chi connectivity index (χ2n) is 4.28. The fraction of sp³-hybridized carbons (Fsp3) is 0.154. The van der Waals surface area contributed by atoms with Gasteiger partial charge >= 0.3 is 0 Å². The average Bonchev–Trinajstić information content (AvgIpc) is 2.87. The van der Waals surface area contributed by atoms with E-state index in [1.807, 2.05) is 0 Å². The van der Waals surface area contributed by atoms with E-state index < -0.39 is 10.0 Å². The molecule has 2 rings (SSSR count). The van der Waals surface area contributed by atoms with Crippen molar-refractivity contribution < 1.29 is 17.9 Å². The van der Waals surface area contributed by atoms with Crippen molar-refractivity contribution in [1.82, 2.24) is 0 Å². The molecule has 0 aliphatic heterocycles. The van der Waals surface area contributed by atoms with Crippen LogP contribution >= 0.6 is 11.3 Å². The lowest BCUT2D eigenvalue weighted by Crippen LogP contribution is -2.14. The van der Waals surface area contributed by atoms with Crippen LogP contribution in [0.5, 0.6) is 5.75 Å². The van der Waals surface area contributed by atoms with E-state index in [-0.39, 0.29) is 11.7 Å². The Bertz CT molecular complexity index is 736. The van der Waals surface area contributed by atoms with Crippen molar-refractivity contribution in [2.24, 2.45) is 5.14 Å². The molecule has 0 aliphatic rings. The molecule has 1 heterocycles. The number of nitrogens with two attached hydrogens (primary N) is 1. The van der Waals surface area contributed by atoms with Gasteiger partial charge in [0.1, 0.15) is 10.6 Å². The number of carbonyl (C=O) groups is 1. The quantitative estimate of drug-likeness (QED) is 0.875. The highest BCUT2D eigenvalue weighted by atomic mass is 32.2. The summed E-state index contributed by atoms with van der Waals surface area (Å²) < 4.78 is 27.1. The Morgan fingerprint density at radius 3 is 2.52 bits per heavy atom. The first-order valence-corrected chi connectivity index (χ1v) is 8.51. The number of hydrogen-bond acceptors (Lipinski definition) is 5. The molecule has 1 aromatic carbocycles. The SMILES string of the molecule is COc1ccsc1C(=O)Nc1ccc(CS(N)(=O)=O)cc1. The Morgan fingerprint density at radius 1 is 1.29 bits per heavy atom. The number of hydrogen-bond donors (Lipinski definition) is 2. The summed E-state index contributed by atoms with van der Waals surface area (Å²) in [6.45, 7) is 0. The van der Waals surface area contributed by atoms with Crippen molar-refractivity contribution in [3.63, 3.8) is 0 Å². The average molecular weight is 326 g/mol. The van der Waals surface area contributed by atoms with Crippen molar-refractivity contribution in [2.75, 3.05) is 12.4 Å². The Balaban J connectivity index is 2.08. The maximum absolute atomic E-state index is 12.1. The highest BCUT2D eigenvalue weighted by Gasteiger charge is 2.14. The van der Waals surface area contributed by atoms with E-state index in [4.69, 9.17) is 9.88 Å². The van der Waals surface area contributed by atoms with Gasteiger partial charge in [0.15, 0.2) is 0 Å². The van der Waals surface area contributed by atoms with E-state index in [0.717, 1.165) is 0 Å². The van der Waals surface area contributed by atoms with Gasteiger partial charge in [-0.2, -0.15) is 0 Å². The van der Waals surface area contributed by atoms with Crippen molar-refractivity contribution in [3.05, 3.63) is 46.2 Å². The van der Waals surface area contributed by atoms with Crippen molar-refractivity contribution in [3.8, 4) is 5.75 Å². The molecule has 2 aromatic rings. The number of rotatable bonds is 5. The van der Waals surface area contributed by atoms with Gasteiger partial charge in [-0.15, -0.1) is 11.3 Å². The summed E-state index contributed by atoms with van der Waals surface area (Å²) in [5.74, 6) is 0.00404. The number of thiophene rings is 1. The highest BCUT2D eigenvalue weighted by molar-refractivity contribution is 7.88. The van der Waals surface area contributed by atoms with Crippen molar-refractivity contribution >= 4 is 33.0 Å². The van der Waals surface area contributed by atoms with Crippen molar-refractivity contribution in [1.29, 1.82) is 0 Å². The summed E-state index contributed by atoms with van der Waals surface area (Å²) in [6, 6.07) is 8.17. The molecule has 8 heteroatoms. The van der Waals surface area contributed by atoms with Gasteiger partial charge < -0.3 is 10.1 Å². The third-order valence-corrected chi connectivity index (χ3v) is 4.27. The third-order valence-electron chi connectivity index (χ3n) is 2.63. The smallest absolute Gasteiger partial charge is 0.269 e. The fourth-order valence-corrected chi connectivity index (χ4v) is 3.14. The zero-order chi connectivity index (χ0) is 15.5. The molecule has 6 nitrogen and oxygen atoms in total. The Morgan fingerprint density at radius 2 is 1.95 bits per heavy atom. The molecule has 3 N–H and O–H groups in total. The van der Waals surface area contributed by atoms with Crippen LogP contribution in [0.2, 0.25) is 0 Å². The number of anilines is 1. The first kappa shape index (κ1) is 15.5. The molecule has 112 valence electrons. The van der Waals surface area contributed by atoms with Gasteiger partial charge in [0, 0.05) is 5.69 Å². The minimum atomic E-state index is -3.56. The number of amides is 1. The summed E-state index contributed by atoms with van der Waals surface area (Å²) in [5, 5.41) is 9.46. The molecule has 21 heavy (non-hydrogen) atoms. The first-order valence-electron chi connectivity index (χ1n) is 5.91. The van der Waals surface area contributed by atoms with Crippen LogP contribution in [0.3, 0.4) is 0 Å². The predicted molar refractivity (Wildman–Crippen MR) is 82.1 cm³/mol. The summed E-state index contributed by atoms with van der Waals surface area (Å²) in [7, 11) is -2.06. The van der Waals surface area contributed by atoms with Gasteiger partial charge in [0.05, 0.1) is 12.9 Å². The van der Waals surface area contributed by atoms with E-state index in [9.17, 15) is 13.2 Å². The Kier molecular flexibility index (Phi) is 4.61. The second kappa shape index (κ2) is 6.25. The van der Waals surface area contributed by atoms with Crippen LogP contribution in [0.25, 0.3) is 0 Å². The molecule has 1 amide bonds. The number of benzene rings is 1. The fourth-order valence-electron chi connectivity index (χ4n) is 1.73. The number of nitrogens with one attached hydrogen (secondary N) is 1. The lowest BCUT2D eigenvalue weighted by molar-refractivity contribution is 0.102. The van der Waals surface area contributed by atoms with E-state index in [2.05, 4.69) is 5.32 Å². The lowest BCUT2D eigenvalue weighted by Gasteiger charge is -2.06. The zero-order valence-corrected chi connectivity index (χ0v) is 12.8. The topological polar surface area (TPSA) is 98.5 Å². The molecule has 0 fully saturated rings. The number of carbonyl (C=O) groups excluding carboxylic acids is 1. The van der Waals surface area contributed by atoms with Gasteiger partial charge in [-0.3, -0.25) is 4.79 Å². The molecular weight excluding hydrogens is 312 g/mol. The van der Waals surface area contributed by atoms with E-state index >= 15 is 0 Å². The van der Waals surface area contributed by atoms with Crippen LogP contribution < -0.4 is 15.2 Å². The highest BCUT2D eigenvalue weighted by Crippen LogP contribution is 2.25. The van der Waals surface area contributed by atoms with Crippen molar-refractivity contribution in [2.45, 2.75) is 5.75 Å². The summed E-state index contributed by atoms with van der Waals surface area (Å²) in [5.41, 5.74) is 1.12. The normalized spacial score (nSPS) is 11.1. The zero-order valence-electron chi connectivity index (χ0n) is 11.2. The minimum absolute atomic E-state index is 0.236. The molecule has 0 bridgehead atoms. The van der Waals surface area contributed by atoms with E-state index in [1.165, 1.54) is 18.4 Å². The lowest BCUT2D eigenvalue weighted by atomic mass is 10.2. The Labute approximate surface area is 126 Å². The monoisotopic (exact) mass is 326 g/mol. The number of primary sulfonamides is 1. The molecule has 0 saturated carbocycles.